The molecule has 1 amide bonds. The quantitative estimate of drug-likeness (QED) is 0.620. The fraction of sp³-hybridized carbons (Fsp3) is 0.300. The fourth-order valence-corrected chi connectivity index (χ4v) is 1.15. The maximum atomic E-state index is 10.2. The molecular formula is C10H12ClNO3. The van der Waals surface area contributed by atoms with Gasteiger partial charge in [-0.05, 0) is 17.7 Å². The highest BCUT2D eigenvalue weighted by molar-refractivity contribution is 6.17. The van der Waals surface area contributed by atoms with Crippen molar-refractivity contribution in [3.05, 3.63) is 29.8 Å². The van der Waals surface area contributed by atoms with Gasteiger partial charge in [-0.25, -0.2) is 4.79 Å². The van der Waals surface area contributed by atoms with Crippen LogP contribution in [0.4, 0.5) is 4.79 Å². The van der Waals surface area contributed by atoms with Crippen molar-refractivity contribution >= 4 is 17.7 Å². The van der Waals surface area contributed by atoms with Crippen LogP contribution in [0.15, 0.2) is 24.3 Å². The number of carbonyl (C=O) groups excluding carboxylic acids is 1. The molecule has 0 atom stereocenters. The van der Waals surface area contributed by atoms with E-state index >= 15 is 0 Å². The standard InChI is InChI=1S/C10H12ClNO3/c11-7-8-1-3-9(4-2-8)14-5-6-15-10(12)13/h1-4H,5-7H2,(H2,12,13). The first-order valence-electron chi connectivity index (χ1n) is 4.42. The van der Waals surface area contributed by atoms with Gasteiger partial charge in [-0.3, -0.25) is 0 Å². The zero-order chi connectivity index (χ0) is 11.1. The van der Waals surface area contributed by atoms with Crippen molar-refractivity contribution in [2.24, 2.45) is 5.73 Å². The molecule has 82 valence electrons. The minimum Gasteiger partial charge on any atom is -0.490 e. The predicted octanol–water partition coefficient (Wildman–Crippen LogP) is 1.90. The van der Waals surface area contributed by atoms with Gasteiger partial charge in [0.25, 0.3) is 0 Å². The van der Waals surface area contributed by atoms with E-state index in [1.807, 2.05) is 24.3 Å². The zero-order valence-electron chi connectivity index (χ0n) is 8.11. The van der Waals surface area contributed by atoms with Crippen LogP contribution in [0, 0.1) is 0 Å². The van der Waals surface area contributed by atoms with E-state index in [0.717, 1.165) is 5.56 Å². The van der Waals surface area contributed by atoms with Crippen LogP contribution < -0.4 is 10.5 Å². The van der Waals surface area contributed by atoms with E-state index in [1.165, 1.54) is 0 Å². The number of ether oxygens (including phenoxy) is 2. The van der Waals surface area contributed by atoms with Gasteiger partial charge in [0.15, 0.2) is 0 Å². The molecule has 0 saturated heterocycles. The van der Waals surface area contributed by atoms with Gasteiger partial charge in [-0.2, -0.15) is 0 Å². The van der Waals surface area contributed by atoms with E-state index in [0.29, 0.717) is 11.6 Å². The molecule has 1 aromatic carbocycles. The highest BCUT2D eigenvalue weighted by atomic mass is 35.5. The van der Waals surface area contributed by atoms with Crippen molar-refractivity contribution < 1.29 is 14.3 Å². The average molecular weight is 230 g/mol. The summed E-state index contributed by atoms with van der Waals surface area (Å²) in [5, 5.41) is 0. The summed E-state index contributed by atoms with van der Waals surface area (Å²) in [5.74, 6) is 1.18. The second-order valence-electron chi connectivity index (χ2n) is 2.79. The van der Waals surface area contributed by atoms with E-state index in [4.69, 9.17) is 22.1 Å². The number of nitrogens with two attached hydrogens (primary N) is 1. The van der Waals surface area contributed by atoms with Crippen LogP contribution in [0.5, 0.6) is 5.75 Å². The summed E-state index contributed by atoms with van der Waals surface area (Å²) >= 11 is 5.63. The fourth-order valence-electron chi connectivity index (χ4n) is 0.977. The van der Waals surface area contributed by atoms with E-state index in [1.54, 1.807) is 0 Å². The summed E-state index contributed by atoms with van der Waals surface area (Å²) in [7, 11) is 0. The van der Waals surface area contributed by atoms with Gasteiger partial charge in [-0.1, -0.05) is 12.1 Å². The van der Waals surface area contributed by atoms with Crippen molar-refractivity contribution in [2.75, 3.05) is 13.2 Å². The average Bonchev–Trinajstić information content (AvgIpc) is 2.25. The largest absolute Gasteiger partial charge is 0.490 e. The molecule has 0 radical (unpaired) electrons. The molecule has 0 aliphatic rings. The van der Waals surface area contributed by atoms with Crippen LogP contribution in [0.3, 0.4) is 0 Å². The predicted molar refractivity (Wildman–Crippen MR) is 57.0 cm³/mol. The number of benzene rings is 1. The zero-order valence-corrected chi connectivity index (χ0v) is 8.87. The Morgan fingerprint density at radius 2 is 1.93 bits per heavy atom. The number of hydrogen-bond donors (Lipinski definition) is 1. The van der Waals surface area contributed by atoms with E-state index in [9.17, 15) is 4.79 Å². The topological polar surface area (TPSA) is 61.6 Å². The van der Waals surface area contributed by atoms with Crippen LogP contribution in [0.25, 0.3) is 0 Å². The third kappa shape index (κ3) is 4.56. The van der Waals surface area contributed by atoms with Crippen LogP contribution in [-0.4, -0.2) is 19.3 Å². The summed E-state index contributed by atoms with van der Waals surface area (Å²) < 4.78 is 9.78. The summed E-state index contributed by atoms with van der Waals surface area (Å²) in [6.07, 6.45) is -0.795. The molecule has 1 aromatic rings. The molecule has 0 fully saturated rings. The van der Waals surface area contributed by atoms with Crippen LogP contribution in [0.1, 0.15) is 5.56 Å². The minimum absolute atomic E-state index is 0.145. The Balaban J connectivity index is 2.28. The molecule has 0 aliphatic heterocycles. The molecule has 0 saturated carbocycles. The first kappa shape index (κ1) is 11.7. The maximum Gasteiger partial charge on any atom is 0.404 e. The lowest BCUT2D eigenvalue weighted by Gasteiger charge is -2.06. The number of hydrogen-bond acceptors (Lipinski definition) is 3. The molecule has 0 spiro atoms. The lowest BCUT2D eigenvalue weighted by molar-refractivity contribution is 0.134. The van der Waals surface area contributed by atoms with Gasteiger partial charge in [-0.15, -0.1) is 11.6 Å². The summed E-state index contributed by atoms with van der Waals surface area (Å²) in [6.45, 7) is 0.426. The monoisotopic (exact) mass is 229 g/mol. The Hall–Kier alpha value is -1.42. The molecule has 0 aliphatic carbocycles. The first-order chi connectivity index (χ1) is 7.22. The Labute approximate surface area is 92.9 Å². The first-order valence-corrected chi connectivity index (χ1v) is 4.96. The third-order valence-electron chi connectivity index (χ3n) is 1.67. The van der Waals surface area contributed by atoms with E-state index in [-0.39, 0.29) is 13.2 Å². The van der Waals surface area contributed by atoms with E-state index < -0.39 is 6.09 Å². The normalized spacial score (nSPS) is 9.67. The van der Waals surface area contributed by atoms with Gasteiger partial charge in [0.2, 0.25) is 0 Å². The van der Waals surface area contributed by atoms with Gasteiger partial charge in [0, 0.05) is 5.88 Å². The third-order valence-corrected chi connectivity index (χ3v) is 1.98. The van der Waals surface area contributed by atoms with Crippen molar-refractivity contribution in [3.8, 4) is 5.75 Å². The molecule has 0 heterocycles. The highest BCUT2D eigenvalue weighted by Crippen LogP contribution is 2.13. The molecular weight excluding hydrogens is 218 g/mol. The molecule has 0 bridgehead atoms. The summed E-state index contributed by atoms with van der Waals surface area (Å²) in [4.78, 5) is 10.2. The molecule has 0 aromatic heterocycles. The minimum atomic E-state index is -0.795. The summed E-state index contributed by atoms with van der Waals surface area (Å²) in [5.41, 5.74) is 5.80. The lowest BCUT2D eigenvalue weighted by Crippen LogP contribution is -2.17. The van der Waals surface area contributed by atoms with Crippen molar-refractivity contribution in [1.29, 1.82) is 0 Å². The Kier molecular flexibility index (Phi) is 4.77. The number of amides is 1. The second-order valence-corrected chi connectivity index (χ2v) is 3.06. The van der Waals surface area contributed by atoms with Crippen molar-refractivity contribution in [3.63, 3.8) is 0 Å². The SMILES string of the molecule is NC(=O)OCCOc1ccc(CCl)cc1. The number of rotatable bonds is 5. The lowest BCUT2D eigenvalue weighted by atomic mass is 10.2. The van der Waals surface area contributed by atoms with Crippen LogP contribution in [0.2, 0.25) is 0 Å². The van der Waals surface area contributed by atoms with Crippen LogP contribution >= 0.6 is 11.6 Å². The van der Waals surface area contributed by atoms with Gasteiger partial charge < -0.3 is 15.2 Å². The Morgan fingerprint density at radius 1 is 1.27 bits per heavy atom. The maximum absolute atomic E-state index is 10.2. The van der Waals surface area contributed by atoms with Gasteiger partial charge >= 0.3 is 6.09 Å². The molecule has 15 heavy (non-hydrogen) atoms. The number of carbonyl (C=O) groups is 1. The summed E-state index contributed by atoms with van der Waals surface area (Å²) in [6, 6.07) is 7.36. The number of primary amides is 1. The van der Waals surface area contributed by atoms with Gasteiger partial charge in [0.05, 0.1) is 0 Å². The number of halogens is 1. The Morgan fingerprint density at radius 3 is 2.47 bits per heavy atom. The molecule has 2 N–H and O–H groups in total. The Bertz CT molecular complexity index is 313. The van der Waals surface area contributed by atoms with Crippen LogP contribution in [-0.2, 0) is 10.6 Å². The van der Waals surface area contributed by atoms with Crippen molar-refractivity contribution in [2.45, 2.75) is 5.88 Å². The smallest absolute Gasteiger partial charge is 0.404 e. The molecule has 5 heteroatoms. The second kappa shape index (κ2) is 6.14. The number of alkyl halides is 1. The van der Waals surface area contributed by atoms with Gasteiger partial charge in [0.1, 0.15) is 19.0 Å². The molecule has 4 nitrogen and oxygen atoms in total. The highest BCUT2D eigenvalue weighted by Gasteiger charge is 1.96. The molecule has 0 unspecified atom stereocenters. The van der Waals surface area contributed by atoms with Crippen molar-refractivity contribution in [1.82, 2.24) is 0 Å². The molecule has 1 rings (SSSR count). The van der Waals surface area contributed by atoms with E-state index in [2.05, 4.69) is 4.74 Å².